The number of carbonyl (C=O) groups excluding carboxylic acids is 7. The van der Waals surface area contributed by atoms with Gasteiger partial charge < -0.3 is 49.6 Å². The third-order valence-corrected chi connectivity index (χ3v) is 26.6. The lowest BCUT2D eigenvalue weighted by atomic mass is 9.82. The van der Waals surface area contributed by atoms with E-state index < -0.39 is 81.5 Å². The Balaban J connectivity index is -0.0000000976. The van der Waals surface area contributed by atoms with Crippen molar-refractivity contribution in [3.63, 3.8) is 0 Å². The molecule has 3 aromatic rings. The minimum absolute atomic E-state index is 0. The maximum Gasteiger partial charge on any atom is 0.308 e. The Morgan fingerprint density at radius 2 is 1.08 bits per heavy atom. The van der Waals surface area contributed by atoms with Crippen molar-refractivity contribution in [2.75, 3.05) is 78.9 Å². The molecule has 4 heterocycles. The number of nitrogens with zero attached hydrogens (tertiary/aromatic N) is 7. The molecule has 1 aliphatic heterocycles. The summed E-state index contributed by atoms with van der Waals surface area (Å²) in [6.45, 7) is 72.0. The van der Waals surface area contributed by atoms with E-state index in [1.165, 1.54) is 80.5 Å². The van der Waals surface area contributed by atoms with E-state index in [1.54, 1.807) is 117 Å². The summed E-state index contributed by atoms with van der Waals surface area (Å²) in [4.78, 5) is 103. The summed E-state index contributed by atoms with van der Waals surface area (Å²) in [5, 5.41) is 45.1. The van der Waals surface area contributed by atoms with E-state index in [9.17, 15) is 84.8 Å². The van der Waals surface area contributed by atoms with Gasteiger partial charge in [-0.2, -0.15) is 31.5 Å². The van der Waals surface area contributed by atoms with Gasteiger partial charge in [0.25, 0.3) is 10.1 Å². The normalized spacial score (nSPS) is 13.0. The van der Waals surface area contributed by atoms with Crippen molar-refractivity contribution in [2.24, 2.45) is 57.2 Å². The molecule has 0 fully saturated rings. The van der Waals surface area contributed by atoms with E-state index in [2.05, 4.69) is 75.0 Å². The second kappa shape index (κ2) is 79.6. The molecule has 42 nitrogen and oxygen atoms in total. The van der Waals surface area contributed by atoms with Crippen LogP contribution in [0.2, 0.25) is 0 Å². The number of carbonyl (C=O) groups is 7. The molecule has 2 aliphatic rings. The summed E-state index contributed by atoms with van der Waals surface area (Å²) in [6, 6.07) is 3.77. The zero-order valence-corrected chi connectivity index (χ0v) is 93.7. The van der Waals surface area contributed by atoms with Gasteiger partial charge in [0.15, 0.2) is 32.1 Å². The molecule has 0 aromatic carbocycles. The number of nitriles is 1. The van der Waals surface area contributed by atoms with Crippen LogP contribution in [-0.4, -0.2) is 261 Å². The standard InChI is InChI=1S/C8H10O2.C7H12N2O.C7H11NO.C6H10N2O3S.C6H14N2O3S.C6H15NO2S.C6H9NO.C6H12O2.C5H10O2.C5H12O.C5H10O.C4H11NO2S.2C4H11O2P.C3H5N3.C3H8O3S.2CH4.H2O/c1-4(2)6-7(9)5(3)8(6)10;1-7(2,3)6-8-4-5(10)9-6;1-5(2)7-4-6(3)8-9-7;1-5(2)12(9,10)8-6-7-3-4-11-6;1-5(2)6(9)7-12(10,11)8(3)4;1-6(2,3)5-7-10(4,8)9;1-5(2)6(8)3-4-7;1-5(2)6(7)4-8-3;1-4(2)5(7)3-6;2*1-4(2)5(3)6;1-4(2)8(6,7)5-3;2*1-4(2)7(3,5)6;1-3-4-2-5-6-3;1-3(2)7(4,5)6;;;/h4,9H,3H2,1-2H3;4H2,1-3H3,(H,8,9,10);4-5H,1-3H3;3-5H,1-2H3,(H,7,8);5H,1-4H3,(H,7,9);7H,5H2,1-4H3;5H,3H2,1-2H3;5H,4H2,1-3H3;4,6H,3H2,1-2H3;4-6H,1-3H3;4H,1-3H3;4-5H,1-3H3;2*4H,1-3H3,(H,5,6);2H,1H3,(H,4,5,6);3H,1-2H3,(H,4,5,6);2*1H4;1H2. The van der Waals surface area contributed by atoms with Crippen LogP contribution in [0.15, 0.2) is 62.3 Å². The van der Waals surface area contributed by atoms with E-state index in [1.807, 2.05) is 122 Å². The molecule has 0 bridgehead atoms. The quantitative estimate of drug-likeness (QED) is 0.0225. The number of rotatable bonds is 24. The van der Waals surface area contributed by atoms with Gasteiger partial charge in [-0.3, -0.25) is 57.3 Å². The Hall–Kier alpha value is -7.10. The lowest BCUT2D eigenvalue weighted by Gasteiger charge is -2.22. The second-order valence-electron chi connectivity index (χ2n) is 35.9. The molecule has 808 valence electrons. The number of aliphatic imine (C=N–C) groups is 1. The van der Waals surface area contributed by atoms with Crippen LogP contribution in [0.25, 0.3) is 0 Å². The highest BCUT2D eigenvalue weighted by Crippen LogP contribution is 2.41. The molecule has 0 saturated carbocycles. The number of hydrogen-bond acceptors (Lipinski definition) is 31. The van der Waals surface area contributed by atoms with Gasteiger partial charge in [0, 0.05) is 105 Å². The molecule has 49 heteroatoms. The van der Waals surface area contributed by atoms with Crippen LogP contribution in [0.4, 0.5) is 6.01 Å². The van der Waals surface area contributed by atoms with Gasteiger partial charge in [-0.15, -0.1) is 0 Å². The number of aromatic amines is 1. The molecule has 0 saturated heterocycles. The molecule has 3 aromatic heterocycles. The van der Waals surface area contributed by atoms with Crippen LogP contribution < -0.4 is 24.2 Å². The Bertz CT molecular complexity index is 4540. The molecule has 136 heavy (non-hydrogen) atoms. The lowest BCUT2D eigenvalue weighted by Crippen LogP contribution is -2.41. The number of H-pyrrole nitrogens is 1. The number of anilines is 1. The summed E-state index contributed by atoms with van der Waals surface area (Å²) in [5.74, 6) is 3.42. The SMILES string of the molecule is C.C.C=C1C(=O)C(C(C)C)=C1O.CC(=O)C(C)C.CC(C)(C)C1=NCC(=O)N1.CC(C)(C)CNS(C)(=O)=O.CC(C)C(=O)CC#N.CC(C)C(=O)CO.CC(C)C(=O)NS(=O)(=O)N(C)C.CC(C)C(C)O.CC(C)P(C)(=O)O.CC(C)P(C)(=O)O.CC(C)S(=O)(=O)Nc1ncco1.CC(C)S(=O)(=O)O.CNS(=O)(=O)C(C)C.COCC(=O)C(C)C.Cc1cc(C(C)C)on1.Cc1ncn[nH]1.O. The number of methoxy groups -OCH3 is 1. The molecule has 3 atom stereocenters. The number of ether oxygens (including phenoxy) is 1. The second-order valence-corrected chi connectivity index (χ2v) is 52.1. The van der Waals surface area contributed by atoms with E-state index in [0.717, 1.165) is 27.4 Å². The summed E-state index contributed by atoms with van der Waals surface area (Å²) >= 11 is 0. The van der Waals surface area contributed by atoms with Crippen LogP contribution in [0.1, 0.15) is 280 Å². The first-order chi connectivity index (χ1) is 59.3. The summed E-state index contributed by atoms with van der Waals surface area (Å²) in [7, 11) is -16.5. The predicted octanol–water partition coefficient (Wildman–Crippen LogP) is 13.1. The number of amides is 2. The zero-order chi connectivity index (χ0) is 109. The number of amidine groups is 1. The number of aliphatic hydroxyl groups is 3. The van der Waals surface area contributed by atoms with Gasteiger partial charge in [-0.1, -0.05) is 207 Å². The number of hydrogen-bond donors (Lipinski definition) is 12. The number of ketones is 5. The maximum absolute atomic E-state index is 11.2. The minimum Gasteiger partial charge on any atom is -0.507 e. The number of sulfonamides is 3. The molecule has 14 N–H and O–H groups in total. The van der Waals surface area contributed by atoms with E-state index in [-0.39, 0.29) is 161 Å². The number of Topliss-reactive ketones (excluding diaryl/α,β-unsaturated/α-hetero) is 5. The van der Waals surface area contributed by atoms with E-state index >= 15 is 0 Å². The molecule has 0 radical (unpaired) electrons. The molecule has 3 unspecified atom stereocenters. The van der Waals surface area contributed by atoms with E-state index in [4.69, 9.17) is 43.9 Å². The highest BCUT2D eigenvalue weighted by molar-refractivity contribution is 7.93. The fourth-order valence-electron chi connectivity index (χ4n) is 4.93. The number of aromatic nitrogens is 5. The van der Waals surface area contributed by atoms with Crippen LogP contribution in [0, 0.1) is 77.4 Å². The Morgan fingerprint density at radius 1 is 0.684 bits per heavy atom. The van der Waals surface area contributed by atoms with Crippen molar-refractivity contribution in [2.45, 2.75) is 310 Å². The lowest BCUT2D eigenvalue weighted by molar-refractivity contribution is -0.125. The number of nitrogens with one attached hydrogen (secondary N) is 6. The van der Waals surface area contributed by atoms with Crippen LogP contribution in [-0.2, 0) is 97.8 Å². The van der Waals surface area contributed by atoms with Gasteiger partial charge >= 0.3 is 16.2 Å². The molecule has 5 rings (SSSR count). The first-order valence-corrected chi connectivity index (χ1v) is 54.7. The zero-order valence-electron chi connectivity index (χ0n) is 87.9. The number of aliphatic hydroxyl groups excluding tert-OH is 3. The third kappa shape index (κ3) is 98.5. The van der Waals surface area contributed by atoms with E-state index in [0.29, 0.717) is 30.5 Å². The van der Waals surface area contributed by atoms with Gasteiger partial charge in [0.1, 0.15) is 67.1 Å². The molecule has 2 amide bonds. The predicted molar refractivity (Wildman–Crippen MR) is 546 cm³/mol. The van der Waals surface area contributed by atoms with Gasteiger partial charge in [-0.05, 0) is 93.5 Å². The number of allylic oxidation sites excluding steroid dienone is 2. The average Bonchev–Trinajstić information content (AvgIpc) is 1.17. The first kappa shape index (κ1) is 160. The Kier molecular flexibility index (Phi) is 93.4. The Labute approximate surface area is 818 Å². The molecular weight excluding hydrogens is 1910 g/mol. The van der Waals surface area contributed by atoms with Crippen molar-refractivity contribution in [1.29, 1.82) is 5.26 Å². The summed E-state index contributed by atoms with van der Waals surface area (Å²) in [6.07, 6.45) is 5.23. The fourth-order valence-corrected chi connectivity index (χ4v) is 7.35. The van der Waals surface area contributed by atoms with Gasteiger partial charge in [0.2, 0.25) is 41.9 Å². The molecular formula is C87H181N13O29P2S5. The van der Waals surface area contributed by atoms with Crippen LogP contribution in [0.5, 0.6) is 0 Å². The highest BCUT2D eigenvalue weighted by atomic mass is 32.2. The fraction of sp³-hybridized carbons (Fsp3) is 0.759. The maximum atomic E-state index is 11.2. The van der Waals surface area contributed by atoms with Crippen molar-refractivity contribution in [1.82, 2.24) is 49.1 Å². The van der Waals surface area contributed by atoms with Crippen LogP contribution >= 0.6 is 14.7 Å². The van der Waals surface area contributed by atoms with Crippen molar-refractivity contribution < 1.29 is 134 Å². The third-order valence-electron chi connectivity index (χ3n) is 15.9. The Morgan fingerprint density at radius 3 is 1.21 bits per heavy atom. The minimum atomic E-state index is -3.74. The summed E-state index contributed by atoms with van der Waals surface area (Å²) < 4.78 is 160. The highest BCUT2D eigenvalue weighted by Gasteiger charge is 2.33. The van der Waals surface area contributed by atoms with Crippen LogP contribution in [0.3, 0.4) is 0 Å². The largest absolute Gasteiger partial charge is 0.507 e. The van der Waals surface area contributed by atoms with Crippen molar-refractivity contribution in [3.05, 3.63) is 65.6 Å². The summed E-state index contributed by atoms with van der Waals surface area (Å²) in [5.41, 5.74) is 1.54. The molecule has 1 aliphatic carbocycles. The monoisotopic (exact) mass is 2090 g/mol. The number of oxazole rings is 1. The smallest absolute Gasteiger partial charge is 0.308 e. The van der Waals surface area contributed by atoms with Gasteiger partial charge in [-0.25, -0.2) is 54.1 Å². The van der Waals surface area contributed by atoms with Crippen molar-refractivity contribution >= 4 is 118 Å². The number of aryl methyl sites for hydroxylation is 2. The molecule has 0 spiro atoms. The van der Waals surface area contributed by atoms with Crippen molar-refractivity contribution in [3.8, 4) is 6.07 Å². The first-order valence-electron chi connectivity index (χ1n) is 42.4. The van der Waals surface area contributed by atoms with Gasteiger partial charge in [0.05, 0.1) is 58.1 Å². The average molecular weight is 2100 g/mol. The topological polar surface area (TPSA) is 680 Å².